The highest BCUT2D eigenvalue weighted by atomic mass is 16.1. The van der Waals surface area contributed by atoms with E-state index in [1.807, 2.05) is 0 Å². The van der Waals surface area contributed by atoms with E-state index in [0.29, 0.717) is 12.3 Å². The van der Waals surface area contributed by atoms with Gasteiger partial charge in [-0.2, -0.15) is 5.26 Å². The second kappa shape index (κ2) is 5.77. The molecule has 0 rings (SSSR count). The number of nitrogens with zero attached hydrogens (tertiary/aromatic N) is 1. The maximum Gasteiger partial charge on any atom is 0.132 e. The van der Waals surface area contributed by atoms with Crippen LogP contribution in [0.2, 0.25) is 0 Å². The highest BCUT2D eigenvalue weighted by Crippen LogP contribution is 2.17. The average molecular weight is 167 g/mol. The van der Waals surface area contributed by atoms with Crippen molar-refractivity contribution in [2.24, 2.45) is 11.8 Å². The summed E-state index contributed by atoms with van der Waals surface area (Å²) >= 11 is 0. The number of hydrogen-bond donors (Lipinski definition) is 0. The van der Waals surface area contributed by atoms with Crippen LogP contribution in [0.15, 0.2) is 0 Å². The van der Waals surface area contributed by atoms with E-state index >= 15 is 0 Å². The van der Waals surface area contributed by atoms with Crippen LogP contribution in [0.5, 0.6) is 0 Å². The fourth-order valence-electron chi connectivity index (χ4n) is 1.29. The number of hydrogen-bond acceptors (Lipinski definition) is 2. The minimum absolute atomic E-state index is 0.102. The van der Waals surface area contributed by atoms with Crippen molar-refractivity contribution in [3.05, 3.63) is 0 Å². The molecule has 0 fully saturated rings. The van der Waals surface area contributed by atoms with E-state index in [-0.39, 0.29) is 11.7 Å². The molecule has 0 aliphatic carbocycles. The van der Waals surface area contributed by atoms with Crippen LogP contribution in [0, 0.1) is 23.2 Å². The van der Waals surface area contributed by atoms with Crippen LogP contribution >= 0.6 is 0 Å². The molecule has 1 unspecified atom stereocenters. The lowest BCUT2D eigenvalue weighted by atomic mass is 9.90. The summed E-state index contributed by atoms with van der Waals surface area (Å²) in [6.45, 7) is 5.81. The molecule has 0 aromatic carbocycles. The third-order valence-electron chi connectivity index (χ3n) is 1.94. The molecule has 0 N–H and O–H groups in total. The molecule has 0 heterocycles. The zero-order valence-corrected chi connectivity index (χ0v) is 8.13. The summed E-state index contributed by atoms with van der Waals surface area (Å²) in [6, 6.07) is 2.07. The minimum Gasteiger partial charge on any atom is -0.300 e. The Balaban J connectivity index is 3.89. The zero-order chi connectivity index (χ0) is 9.56. The van der Waals surface area contributed by atoms with Crippen molar-refractivity contribution >= 4 is 5.78 Å². The fraction of sp³-hybridized carbons (Fsp3) is 0.800. The first-order valence-electron chi connectivity index (χ1n) is 4.45. The predicted molar refractivity (Wildman–Crippen MR) is 48.5 cm³/mol. The largest absolute Gasteiger partial charge is 0.300 e. The van der Waals surface area contributed by atoms with Gasteiger partial charge in [-0.15, -0.1) is 0 Å². The maximum absolute atomic E-state index is 11.1. The highest BCUT2D eigenvalue weighted by molar-refractivity contribution is 5.78. The van der Waals surface area contributed by atoms with Crippen molar-refractivity contribution in [2.75, 3.05) is 0 Å². The van der Waals surface area contributed by atoms with Crippen LogP contribution in [0.1, 0.15) is 40.0 Å². The SMILES string of the molecule is CC(=O)C(CCC#N)CC(C)C. The molecule has 2 heteroatoms. The molecule has 0 spiro atoms. The van der Waals surface area contributed by atoms with E-state index in [0.717, 1.165) is 12.8 Å². The average Bonchev–Trinajstić information content (AvgIpc) is 1.96. The Hall–Kier alpha value is -0.840. The summed E-state index contributed by atoms with van der Waals surface area (Å²) in [4.78, 5) is 11.1. The van der Waals surface area contributed by atoms with E-state index in [4.69, 9.17) is 5.26 Å². The molecule has 0 radical (unpaired) electrons. The highest BCUT2D eigenvalue weighted by Gasteiger charge is 2.14. The third-order valence-corrected chi connectivity index (χ3v) is 1.94. The van der Waals surface area contributed by atoms with Crippen LogP contribution in [-0.2, 0) is 4.79 Å². The van der Waals surface area contributed by atoms with E-state index in [9.17, 15) is 4.79 Å². The topological polar surface area (TPSA) is 40.9 Å². The third kappa shape index (κ3) is 4.90. The fourth-order valence-corrected chi connectivity index (χ4v) is 1.29. The summed E-state index contributed by atoms with van der Waals surface area (Å²) in [5, 5.41) is 8.37. The Bertz CT molecular complexity index is 179. The second-order valence-electron chi connectivity index (χ2n) is 3.63. The molecule has 0 amide bonds. The summed E-state index contributed by atoms with van der Waals surface area (Å²) in [6.07, 6.45) is 2.14. The number of Topliss-reactive ketones (excluding diaryl/α,β-unsaturated/α-hetero) is 1. The normalized spacial score (nSPS) is 12.6. The van der Waals surface area contributed by atoms with E-state index in [1.165, 1.54) is 0 Å². The van der Waals surface area contributed by atoms with Gasteiger partial charge in [0.05, 0.1) is 6.07 Å². The molecular weight excluding hydrogens is 150 g/mol. The van der Waals surface area contributed by atoms with Gasteiger partial charge in [-0.25, -0.2) is 0 Å². The quantitative estimate of drug-likeness (QED) is 0.631. The van der Waals surface area contributed by atoms with Crippen LogP contribution in [-0.4, -0.2) is 5.78 Å². The number of nitriles is 1. The molecule has 1 atom stereocenters. The van der Waals surface area contributed by atoms with Gasteiger partial charge >= 0.3 is 0 Å². The van der Waals surface area contributed by atoms with Gasteiger partial charge in [0.15, 0.2) is 0 Å². The summed E-state index contributed by atoms with van der Waals surface area (Å²) in [5.74, 6) is 0.862. The van der Waals surface area contributed by atoms with Gasteiger partial charge in [0.25, 0.3) is 0 Å². The van der Waals surface area contributed by atoms with Gasteiger partial charge < -0.3 is 0 Å². The summed E-state index contributed by atoms with van der Waals surface area (Å²) in [7, 11) is 0. The van der Waals surface area contributed by atoms with E-state index in [2.05, 4.69) is 19.9 Å². The maximum atomic E-state index is 11.1. The summed E-state index contributed by atoms with van der Waals surface area (Å²) in [5.41, 5.74) is 0. The Morgan fingerprint density at radius 1 is 1.50 bits per heavy atom. The van der Waals surface area contributed by atoms with Crippen molar-refractivity contribution in [2.45, 2.75) is 40.0 Å². The molecular formula is C10H17NO. The van der Waals surface area contributed by atoms with Crippen LogP contribution in [0.3, 0.4) is 0 Å². The molecule has 0 aromatic rings. The Labute approximate surface area is 74.6 Å². The van der Waals surface area contributed by atoms with Gasteiger partial charge in [0.2, 0.25) is 0 Å². The van der Waals surface area contributed by atoms with Crippen molar-refractivity contribution in [1.82, 2.24) is 0 Å². The molecule has 0 saturated heterocycles. The van der Waals surface area contributed by atoms with Crippen LogP contribution in [0.25, 0.3) is 0 Å². The zero-order valence-electron chi connectivity index (χ0n) is 8.13. The first-order valence-corrected chi connectivity index (χ1v) is 4.45. The van der Waals surface area contributed by atoms with Gasteiger partial charge in [0, 0.05) is 12.3 Å². The number of rotatable bonds is 5. The van der Waals surface area contributed by atoms with Gasteiger partial charge in [0.1, 0.15) is 5.78 Å². The van der Waals surface area contributed by atoms with Crippen molar-refractivity contribution in [3.8, 4) is 6.07 Å². The number of ketones is 1. The van der Waals surface area contributed by atoms with Crippen molar-refractivity contribution in [1.29, 1.82) is 5.26 Å². The lowest BCUT2D eigenvalue weighted by Crippen LogP contribution is -2.13. The minimum atomic E-state index is 0.102. The number of carbonyl (C=O) groups is 1. The predicted octanol–water partition coefficient (Wildman–Crippen LogP) is 2.54. The lowest BCUT2D eigenvalue weighted by molar-refractivity contribution is -0.121. The molecule has 68 valence electrons. The van der Waals surface area contributed by atoms with E-state index < -0.39 is 0 Å². The first-order chi connectivity index (χ1) is 5.57. The molecule has 0 saturated carbocycles. The summed E-state index contributed by atoms with van der Waals surface area (Å²) < 4.78 is 0. The standard InChI is InChI=1S/C10H17NO/c1-8(2)7-10(9(3)12)5-4-6-11/h8,10H,4-5,7H2,1-3H3. The number of carbonyl (C=O) groups excluding carboxylic acids is 1. The smallest absolute Gasteiger partial charge is 0.132 e. The van der Waals surface area contributed by atoms with Gasteiger partial charge in [-0.3, -0.25) is 4.79 Å². The lowest BCUT2D eigenvalue weighted by Gasteiger charge is -2.13. The molecule has 0 aliphatic heterocycles. The molecule has 12 heavy (non-hydrogen) atoms. The monoisotopic (exact) mass is 167 g/mol. The molecule has 0 aliphatic rings. The van der Waals surface area contributed by atoms with Gasteiger partial charge in [-0.05, 0) is 25.7 Å². The second-order valence-corrected chi connectivity index (χ2v) is 3.63. The van der Waals surface area contributed by atoms with Crippen molar-refractivity contribution < 1.29 is 4.79 Å². The molecule has 0 aromatic heterocycles. The van der Waals surface area contributed by atoms with Crippen LogP contribution < -0.4 is 0 Å². The Morgan fingerprint density at radius 2 is 2.08 bits per heavy atom. The van der Waals surface area contributed by atoms with Gasteiger partial charge in [-0.1, -0.05) is 13.8 Å². The van der Waals surface area contributed by atoms with Crippen molar-refractivity contribution in [3.63, 3.8) is 0 Å². The Kier molecular flexibility index (Phi) is 5.36. The molecule has 0 bridgehead atoms. The van der Waals surface area contributed by atoms with Crippen LogP contribution in [0.4, 0.5) is 0 Å². The first kappa shape index (κ1) is 11.2. The van der Waals surface area contributed by atoms with E-state index in [1.54, 1.807) is 6.92 Å². The Morgan fingerprint density at radius 3 is 2.42 bits per heavy atom. The molecule has 2 nitrogen and oxygen atoms in total.